The molecule has 2 nitrogen and oxygen atoms in total. The number of hydrogen-bond acceptors (Lipinski definition) is 2. The van der Waals surface area contributed by atoms with Crippen LogP contribution in [0, 0.1) is 5.92 Å². The number of hydrogen-bond donors (Lipinski definition) is 1. The molecule has 1 saturated carbocycles. The quantitative estimate of drug-likeness (QED) is 0.888. The molecular weight excluding hydrogens is 234 g/mol. The van der Waals surface area contributed by atoms with Gasteiger partial charge >= 0.3 is 0 Å². The Bertz CT molecular complexity index is 374. The molecule has 3 heteroatoms. The van der Waals surface area contributed by atoms with Crippen molar-refractivity contribution in [1.29, 1.82) is 0 Å². The monoisotopic (exact) mass is 253 g/mol. The second-order valence-electron chi connectivity index (χ2n) is 4.96. The molecule has 1 aromatic carbocycles. The lowest BCUT2D eigenvalue weighted by atomic mass is 10.1. The molecular formula is C14H20ClNO. The molecule has 0 spiro atoms. The molecule has 0 heterocycles. The van der Waals surface area contributed by atoms with Gasteiger partial charge in [0.15, 0.2) is 0 Å². The number of benzene rings is 1. The van der Waals surface area contributed by atoms with E-state index in [0.29, 0.717) is 5.02 Å². The number of aliphatic hydroxyl groups excluding tert-OH is 1. The normalized spacial score (nSPS) is 16.4. The zero-order valence-electron chi connectivity index (χ0n) is 10.3. The second kappa shape index (κ2) is 5.74. The van der Waals surface area contributed by atoms with E-state index < -0.39 is 0 Å². The van der Waals surface area contributed by atoms with Crippen LogP contribution in [0.1, 0.15) is 31.2 Å². The van der Waals surface area contributed by atoms with Gasteiger partial charge < -0.3 is 10.0 Å². The zero-order valence-corrected chi connectivity index (χ0v) is 11.1. The molecule has 0 radical (unpaired) electrons. The molecule has 1 aliphatic carbocycles. The smallest absolute Gasteiger partial charge is 0.0696 e. The molecule has 1 fully saturated rings. The first kappa shape index (κ1) is 12.7. The van der Waals surface area contributed by atoms with Crippen molar-refractivity contribution in [3.8, 4) is 0 Å². The van der Waals surface area contributed by atoms with Gasteiger partial charge in [0.2, 0.25) is 0 Å². The summed E-state index contributed by atoms with van der Waals surface area (Å²) in [4.78, 5) is 2.27. The summed E-state index contributed by atoms with van der Waals surface area (Å²) >= 11 is 6.10. The van der Waals surface area contributed by atoms with E-state index in [9.17, 15) is 0 Å². The predicted octanol–water partition coefficient (Wildman–Crippen LogP) is 3.46. The molecule has 1 aliphatic rings. The number of aliphatic hydroxyl groups is 1. The highest BCUT2D eigenvalue weighted by atomic mass is 35.5. The summed E-state index contributed by atoms with van der Waals surface area (Å²) in [5.74, 6) is 0.830. The van der Waals surface area contributed by atoms with Gasteiger partial charge in [-0.25, -0.2) is 0 Å². The third-order valence-corrected chi connectivity index (χ3v) is 4.01. The van der Waals surface area contributed by atoms with Crippen LogP contribution in [0.3, 0.4) is 0 Å². The van der Waals surface area contributed by atoms with Crippen molar-refractivity contribution >= 4 is 17.3 Å². The Morgan fingerprint density at radius 1 is 1.35 bits per heavy atom. The third kappa shape index (κ3) is 3.14. The minimum atomic E-state index is 0.00541. The Kier molecular flexibility index (Phi) is 4.30. The van der Waals surface area contributed by atoms with Crippen LogP contribution in [0.2, 0.25) is 5.02 Å². The maximum Gasteiger partial charge on any atom is 0.0696 e. The summed E-state index contributed by atoms with van der Waals surface area (Å²) in [6, 6.07) is 5.89. The van der Waals surface area contributed by atoms with E-state index in [-0.39, 0.29) is 6.61 Å². The molecule has 1 N–H and O–H groups in total. The molecule has 17 heavy (non-hydrogen) atoms. The van der Waals surface area contributed by atoms with Crippen molar-refractivity contribution in [2.45, 2.75) is 32.3 Å². The van der Waals surface area contributed by atoms with Crippen LogP contribution in [0.15, 0.2) is 18.2 Å². The first-order chi connectivity index (χ1) is 8.20. The van der Waals surface area contributed by atoms with Gasteiger partial charge in [-0.15, -0.1) is 0 Å². The first-order valence-electron chi connectivity index (χ1n) is 6.31. The second-order valence-corrected chi connectivity index (χ2v) is 5.37. The number of rotatable bonds is 4. The molecule has 0 saturated heterocycles. The maximum absolute atomic E-state index is 9.08. The van der Waals surface area contributed by atoms with Gasteiger partial charge in [-0.3, -0.25) is 0 Å². The average molecular weight is 254 g/mol. The van der Waals surface area contributed by atoms with Crippen LogP contribution >= 0.6 is 11.6 Å². The summed E-state index contributed by atoms with van der Waals surface area (Å²) in [5.41, 5.74) is 1.93. The van der Waals surface area contributed by atoms with E-state index in [1.165, 1.54) is 25.7 Å². The number of halogens is 1. The summed E-state index contributed by atoms with van der Waals surface area (Å²) in [6.45, 7) is 1.11. The van der Waals surface area contributed by atoms with Crippen molar-refractivity contribution < 1.29 is 5.11 Å². The highest BCUT2D eigenvalue weighted by molar-refractivity contribution is 6.31. The van der Waals surface area contributed by atoms with E-state index in [2.05, 4.69) is 11.9 Å². The molecule has 0 aliphatic heterocycles. The van der Waals surface area contributed by atoms with Gasteiger partial charge in [-0.2, -0.15) is 0 Å². The lowest BCUT2D eigenvalue weighted by Gasteiger charge is -2.23. The molecule has 0 atom stereocenters. The van der Waals surface area contributed by atoms with Crippen LogP contribution in [-0.2, 0) is 6.61 Å². The fourth-order valence-electron chi connectivity index (χ4n) is 2.59. The summed E-state index contributed by atoms with van der Waals surface area (Å²) in [6.07, 6.45) is 5.46. The van der Waals surface area contributed by atoms with Gasteiger partial charge in [0.1, 0.15) is 0 Å². The van der Waals surface area contributed by atoms with Gasteiger partial charge in [0.25, 0.3) is 0 Å². The number of anilines is 1. The van der Waals surface area contributed by atoms with Crippen molar-refractivity contribution in [2.24, 2.45) is 5.92 Å². The van der Waals surface area contributed by atoms with Crippen molar-refractivity contribution in [3.63, 3.8) is 0 Å². The van der Waals surface area contributed by atoms with Crippen LogP contribution in [0.25, 0.3) is 0 Å². The Balaban J connectivity index is 2.02. The first-order valence-corrected chi connectivity index (χ1v) is 6.69. The fraction of sp³-hybridized carbons (Fsp3) is 0.571. The molecule has 1 aromatic rings. The minimum Gasteiger partial charge on any atom is -0.392 e. The van der Waals surface area contributed by atoms with Crippen LogP contribution in [0.5, 0.6) is 0 Å². The predicted molar refractivity (Wildman–Crippen MR) is 72.6 cm³/mol. The molecule has 2 rings (SSSR count). The standard InChI is InChI=1S/C14H20ClNO/c1-16(9-11-4-2-3-5-11)13-7-6-12(10-17)14(15)8-13/h6-8,11,17H,2-5,9-10H2,1H3. The highest BCUT2D eigenvalue weighted by Gasteiger charge is 2.17. The fourth-order valence-corrected chi connectivity index (χ4v) is 2.82. The Labute approximate surface area is 108 Å². The van der Waals surface area contributed by atoms with Crippen LogP contribution < -0.4 is 4.90 Å². The Morgan fingerprint density at radius 2 is 2.06 bits per heavy atom. The van der Waals surface area contributed by atoms with Gasteiger partial charge in [-0.1, -0.05) is 30.5 Å². The summed E-state index contributed by atoms with van der Waals surface area (Å²) in [5, 5.41) is 9.74. The van der Waals surface area contributed by atoms with E-state index in [4.69, 9.17) is 16.7 Å². The van der Waals surface area contributed by atoms with Crippen molar-refractivity contribution in [1.82, 2.24) is 0 Å². The Morgan fingerprint density at radius 3 is 2.65 bits per heavy atom. The molecule has 94 valence electrons. The van der Waals surface area contributed by atoms with E-state index in [0.717, 1.165) is 23.7 Å². The summed E-state index contributed by atoms with van der Waals surface area (Å²) in [7, 11) is 2.11. The maximum atomic E-state index is 9.08. The Hall–Kier alpha value is -0.730. The van der Waals surface area contributed by atoms with Crippen molar-refractivity contribution in [3.05, 3.63) is 28.8 Å². The SMILES string of the molecule is CN(CC1CCCC1)c1ccc(CO)c(Cl)c1. The molecule has 0 aromatic heterocycles. The van der Waals surface area contributed by atoms with E-state index in [1.54, 1.807) is 0 Å². The van der Waals surface area contributed by atoms with E-state index in [1.807, 2.05) is 18.2 Å². The average Bonchev–Trinajstić information content (AvgIpc) is 2.81. The van der Waals surface area contributed by atoms with E-state index >= 15 is 0 Å². The van der Waals surface area contributed by atoms with Crippen molar-refractivity contribution in [2.75, 3.05) is 18.5 Å². The van der Waals surface area contributed by atoms with Crippen LogP contribution in [-0.4, -0.2) is 18.7 Å². The van der Waals surface area contributed by atoms with Crippen LogP contribution in [0.4, 0.5) is 5.69 Å². The van der Waals surface area contributed by atoms with Gasteiger partial charge in [0, 0.05) is 24.3 Å². The molecule has 0 amide bonds. The highest BCUT2D eigenvalue weighted by Crippen LogP contribution is 2.28. The lowest BCUT2D eigenvalue weighted by molar-refractivity contribution is 0.282. The third-order valence-electron chi connectivity index (χ3n) is 3.65. The topological polar surface area (TPSA) is 23.5 Å². The minimum absolute atomic E-state index is 0.00541. The lowest BCUT2D eigenvalue weighted by Crippen LogP contribution is -2.23. The van der Waals surface area contributed by atoms with Gasteiger partial charge in [-0.05, 0) is 36.5 Å². The number of nitrogens with zero attached hydrogens (tertiary/aromatic N) is 1. The zero-order chi connectivity index (χ0) is 12.3. The molecule has 0 bridgehead atoms. The largest absolute Gasteiger partial charge is 0.392 e. The van der Waals surface area contributed by atoms with Gasteiger partial charge in [0.05, 0.1) is 6.61 Å². The molecule has 0 unspecified atom stereocenters. The summed E-state index contributed by atoms with van der Waals surface area (Å²) < 4.78 is 0.